The molecule has 172 valence electrons. The molecule has 3 heterocycles. The Balaban J connectivity index is 0.00000101. The molecule has 6 nitrogen and oxygen atoms in total. The van der Waals surface area contributed by atoms with Crippen LogP contribution in [0.25, 0.3) is 10.9 Å². The molecule has 2 aliphatic heterocycles. The van der Waals surface area contributed by atoms with E-state index in [0.29, 0.717) is 12.1 Å². The number of hydrogen-bond acceptors (Lipinski definition) is 6. The minimum atomic E-state index is -0.986. The summed E-state index contributed by atoms with van der Waals surface area (Å²) in [5, 5.41) is 13.5. The number of fused-ring (bicyclic) bond motifs is 3. The van der Waals surface area contributed by atoms with Crippen molar-refractivity contribution in [2.24, 2.45) is 0 Å². The van der Waals surface area contributed by atoms with E-state index in [-0.39, 0.29) is 12.1 Å². The Kier molecular flexibility index (Phi) is 4.30. The molecular weight excluding hydrogens is 414 g/mol. The number of anilines is 1. The number of benzene rings is 2. The average molecular weight is 446 g/mol. The summed E-state index contributed by atoms with van der Waals surface area (Å²) in [4.78, 5) is 7.38. The van der Waals surface area contributed by atoms with E-state index >= 15 is 0 Å². The third-order valence-electron chi connectivity index (χ3n) is 8.45. The number of aliphatic hydroxyl groups is 1. The fourth-order valence-electron chi connectivity index (χ4n) is 7.04. The minimum Gasteiger partial charge on any atom is -0.493 e. The van der Waals surface area contributed by atoms with E-state index in [1.54, 1.807) is 7.11 Å². The first kappa shape index (κ1) is 20.8. The zero-order valence-corrected chi connectivity index (χ0v) is 19.7. The first-order valence-corrected chi connectivity index (χ1v) is 12.0. The van der Waals surface area contributed by atoms with E-state index in [2.05, 4.69) is 18.0 Å². The second-order valence-electron chi connectivity index (χ2n) is 9.56. The Bertz CT molecular complexity index is 1290. The number of nitrogens with zero attached hydrogens (tertiary/aromatic N) is 2. The van der Waals surface area contributed by atoms with Crippen LogP contribution >= 0.6 is 0 Å². The van der Waals surface area contributed by atoms with Gasteiger partial charge in [0.1, 0.15) is 0 Å². The van der Waals surface area contributed by atoms with Gasteiger partial charge in [-0.05, 0) is 44.1 Å². The SMILES string of the molecule is CC.COc1ccc2c3c1OC1c4nc5ccccc5c(N)c4CC4(O)[C@@H](C2)N(C)CC[C@]314. The summed E-state index contributed by atoms with van der Waals surface area (Å²) in [6, 6.07) is 12.1. The Labute approximate surface area is 194 Å². The highest BCUT2D eigenvalue weighted by Gasteiger charge is 2.72. The number of methoxy groups -OCH3 is 1. The molecule has 7 rings (SSSR count). The van der Waals surface area contributed by atoms with E-state index in [1.165, 1.54) is 5.56 Å². The molecule has 4 atom stereocenters. The van der Waals surface area contributed by atoms with E-state index in [9.17, 15) is 5.11 Å². The largest absolute Gasteiger partial charge is 0.493 e. The molecule has 1 fully saturated rings. The van der Waals surface area contributed by atoms with Crippen LogP contribution < -0.4 is 15.2 Å². The number of nitrogens with two attached hydrogens (primary N) is 1. The van der Waals surface area contributed by atoms with E-state index in [0.717, 1.165) is 58.6 Å². The van der Waals surface area contributed by atoms with Crippen LogP contribution in [0, 0.1) is 0 Å². The molecule has 33 heavy (non-hydrogen) atoms. The van der Waals surface area contributed by atoms with Gasteiger partial charge in [-0.15, -0.1) is 0 Å². The fourth-order valence-corrected chi connectivity index (χ4v) is 7.04. The normalized spacial score (nSPS) is 30.6. The van der Waals surface area contributed by atoms with Gasteiger partial charge < -0.3 is 25.2 Å². The number of para-hydroxylation sites is 1. The summed E-state index contributed by atoms with van der Waals surface area (Å²) < 4.78 is 12.4. The summed E-state index contributed by atoms with van der Waals surface area (Å²) in [5.41, 5.74) is 10.9. The highest BCUT2D eigenvalue weighted by Crippen LogP contribution is 2.68. The van der Waals surface area contributed by atoms with Crippen molar-refractivity contribution < 1.29 is 14.6 Å². The summed E-state index contributed by atoms with van der Waals surface area (Å²) in [7, 11) is 3.79. The number of pyridine rings is 1. The van der Waals surface area contributed by atoms with E-state index in [4.69, 9.17) is 20.2 Å². The third kappa shape index (κ3) is 2.28. The maximum absolute atomic E-state index is 12.5. The monoisotopic (exact) mass is 445 g/mol. The second-order valence-corrected chi connectivity index (χ2v) is 9.56. The maximum atomic E-state index is 12.5. The molecule has 6 heteroatoms. The lowest BCUT2D eigenvalue weighted by Gasteiger charge is -2.62. The topological polar surface area (TPSA) is 80.8 Å². The summed E-state index contributed by atoms with van der Waals surface area (Å²) >= 11 is 0. The Morgan fingerprint density at radius 3 is 2.79 bits per heavy atom. The highest BCUT2D eigenvalue weighted by atomic mass is 16.5. The van der Waals surface area contributed by atoms with E-state index < -0.39 is 11.0 Å². The highest BCUT2D eigenvalue weighted by molar-refractivity contribution is 5.92. The fraction of sp³-hybridized carbons (Fsp3) is 0.444. The van der Waals surface area contributed by atoms with Crippen LogP contribution in [0.3, 0.4) is 0 Å². The number of rotatable bonds is 1. The van der Waals surface area contributed by atoms with Gasteiger partial charge in [0.05, 0.1) is 29.3 Å². The van der Waals surface area contributed by atoms with Crippen LogP contribution in [0.4, 0.5) is 5.69 Å². The number of ether oxygens (including phenoxy) is 2. The molecule has 0 saturated carbocycles. The lowest BCUT2D eigenvalue weighted by Crippen LogP contribution is -2.74. The number of nitrogen functional groups attached to an aromatic ring is 1. The molecule has 1 aromatic heterocycles. The van der Waals surface area contributed by atoms with Crippen molar-refractivity contribution in [3.8, 4) is 11.5 Å². The minimum absolute atomic E-state index is 0.00165. The number of hydrogen-bond donors (Lipinski definition) is 2. The van der Waals surface area contributed by atoms with Crippen molar-refractivity contribution in [2.75, 3.05) is 26.4 Å². The summed E-state index contributed by atoms with van der Waals surface area (Å²) in [5.74, 6) is 1.49. The van der Waals surface area contributed by atoms with Crippen molar-refractivity contribution in [1.29, 1.82) is 0 Å². The van der Waals surface area contributed by atoms with Crippen molar-refractivity contribution in [1.82, 2.24) is 9.88 Å². The predicted octanol–water partition coefficient (Wildman–Crippen LogP) is 3.77. The van der Waals surface area contributed by atoms with Crippen LogP contribution in [0.2, 0.25) is 0 Å². The second kappa shape index (κ2) is 6.84. The lowest BCUT2D eigenvalue weighted by atomic mass is 9.49. The number of likely N-dealkylation sites (N-methyl/N-ethyl adjacent to an activating group) is 1. The van der Waals surface area contributed by atoms with Crippen molar-refractivity contribution in [3.05, 3.63) is 58.8 Å². The standard InChI is InChI=1S/C25H25N3O3.C2H6/c1-28-10-9-24-19-13-7-8-17(30-2)22(19)31-23(24)21-15(12-25(24,29)18(28)11-13)20(26)14-5-3-4-6-16(14)27-21;1-2/h3-8,18,23,29H,9-12H2,1-2H3,(H2,26,27);1-2H3/t18-,23?,24+,25?;/m1./s1. The van der Waals surface area contributed by atoms with Gasteiger partial charge in [-0.3, -0.25) is 0 Å². The van der Waals surface area contributed by atoms with Crippen LogP contribution in [-0.2, 0) is 18.3 Å². The summed E-state index contributed by atoms with van der Waals surface area (Å²) in [6.45, 7) is 4.90. The Hall–Kier alpha value is -2.83. The molecule has 4 aliphatic rings. The van der Waals surface area contributed by atoms with Gasteiger partial charge in [-0.25, -0.2) is 4.98 Å². The number of aromatic nitrogens is 1. The molecule has 1 saturated heterocycles. The summed E-state index contributed by atoms with van der Waals surface area (Å²) in [6.07, 6.45) is 1.70. The number of likely N-dealkylation sites (tertiary alicyclic amines) is 1. The number of piperidine rings is 1. The molecule has 1 spiro atoms. The van der Waals surface area contributed by atoms with Crippen LogP contribution in [0.1, 0.15) is 48.8 Å². The first-order valence-electron chi connectivity index (χ1n) is 12.0. The van der Waals surface area contributed by atoms with Crippen LogP contribution in [0.15, 0.2) is 36.4 Å². The van der Waals surface area contributed by atoms with Crippen molar-refractivity contribution in [2.45, 2.75) is 56.3 Å². The quantitative estimate of drug-likeness (QED) is 0.594. The van der Waals surface area contributed by atoms with Gasteiger partial charge in [-0.2, -0.15) is 0 Å². The van der Waals surface area contributed by atoms with Gasteiger partial charge in [-0.1, -0.05) is 38.1 Å². The van der Waals surface area contributed by atoms with Crippen molar-refractivity contribution >= 4 is 16.6 Å². The molecule has 3 N–H and O–H groups in total. The first-order chi connectivity index (χ1) is 16.0. The average Bonchev–Trinajstić information content (AvgIpc) is 3.19. The smallest absolute Gasteiger partial charge is 0.166 e. The van der Waals surface area contributed by atoms with E-state index in [1.807, 2.05) is 44.2 Å². The van der Waals surface area contributed by atoms with Gasteiger partial charge in [0.15, 0.2) is 17.6 Å². The van der Waals surface area contributed by atoms with Crippen LogP contribution in [-0.4, -0.2) is 47.3 Å². The van der Waals surface area contributed by atoms with Crippen molar-refractivity contribution in [3.63, 3.8) is 0 Å². The molecule has 3 aromatic rings. The van der Waals surface area contributed by atoms with Gasteiger partial charge in [0.2, 0.25) is 0 Å². The molecule has 0 radical (unpaired) electrons. The Morgan fingerprint density at radius 1 is 1.21 bits per heavy atom. The molecule has 2 bridgehead atoms. The maximum Gasteiger partial charge on any atom is 0.166 e. The van der Waals surface area contributed by atoms with Gasteiger partial charge >= 0.3 is 0 Å². The molecular formula is C27H31N3O3. The third-order valence-corrected chi connectivity index (χ3v) is 8.45. The zero-order chi connectivity index (χ0) is 23.1. The van der Waals surface area contributed by atoms with Gasteiger partial charge in [0, 0.05) is 34.7 Å². The molecule has 2 unspecified atom stereocenters. The predicted molar refractivity (Wildman–Crippen MR) is 129 cm³/mol. The lowest BCUT2D eigenvalue weighted by molar-refractivity contribution is -0.167. The Morgan fingerprint density at radius 2 is 2.00 bits per heavy atom. The molecule has 2 aromatic carbocycles. The van der Waals surface area contributed by atoms with Crippen LogP contribution in [0.5, 0.6) is 11.5 Å². The molecule has 2 aliphatic carbocycles. The zero-order valence-electron chi connectivity index (χ0n) is 19.7. The van der Waals surface area contributed by atoms with Gasteiger partial charge in [0.25, 0.3) is 0 Å². The molecule has 0 amide bonds.